The maximum absolute atomic E-state index is 12.2. The van der Waals surface area contributed by atoms with Crippen molar-refractivity contribution >= 4 is 23.1 Å². The Balaban J connectivity index is 1.52. The van der Waals surface area contributed by atoms with Crippen LogP contribution in [0.25, 0.3) is 0 Å². The second-order valence-electron chi connectivity index (χ2n) is 5.63. The van der Waals surface area contributed by atoms with Gasteiger partial charge in [0.15, 0.2) is 11.5 Å². The molecule has 0 bridgehead atoms. The number of carbonyl (C=O) groups excluding carboxylic acids is 1. The van der Waals surface area contributed by atoms with Crippen molar-refractivity contribution in [2.24, 2.45) is 0 Å². The predicted molar refractivity (Wildman–Crippen MR) is 93.6 cm³/mol. The summed E-state index contributed by atoms with van der Waals surface area (Å²) in [5.74, 6) is 0.498. The number of benzene rings is 2. The summed E-state index contributed by atoms with van der Waals surface area (Å²) < 4.78 is 0. The van der Waals surface area contributed by atoms with Gasteiger partial charge in [-0.1, -0.05) is 36.4 Å². The van der Waals surface area contributed by atoms with Crippen molar-refractivity contribution in [3.05, 3.63) is 78.0 Å². The Kier molecular flexibility index (Phi) is 3.67. The molecule has 0 atom stereocenters. The van der Waals surface area contributed by atoms with Crippen LogP contribution >= 0.6 is 0 Å². The molecule has 1 N–H and O–H groups in total. The fourth-order valence-corrected chi connectivity index (χ4v) is 2.88. The van der Waals surface area contributed by atoms with Gasteiger partial charge in [-0.25, -0.2) is 0 Å². The Morgan fingerprint density at radius 1 is 0.917 bits per heavy atom. The quantitative estimate of drug-likeness (QED) is 0.804. The molecular weight excluding hydrogens is 300 g/mol. The van der Waals surface area contributed by atoms with Crippen LogP contribution in [0.1, 0.15) is 16.1 Å². The third-order valence-corrected chi connectivity index (χ3v) is 4.08. The van der Waals surface area contributed by atoms with Crippen molar-refractivity contribution < 1.29 is 4.79 Å². The van der Waals surface area contributed by atoms with Crippen LogP contribution in [0.4, 0.5) is 17.2 Å². The average Bonchev–Trinajstić information content (AvgIpc) is 3.07. The van der Waals surface area contributed by atoms with E-state index in [0.29, 0.717) is 5.69 Å². The second-order valence-corrected chi connectivity index (χ2v) is 5.63. The first kappa shape index (κ1) is 14.4. The smallest absolute Gasteiger partial charge is 0.276 e. The number of para-hydroxylation sites is 2. The fourth-order valence-electron chi connectivity index (χ4n) is 2.88. The van der Waals surface area contributed by atoms with E-state index in [4.69, 9.17) is 0 Å². The highest BCUT2D eigenvalue weighted by atomic mass is 16.1. The van der Waals surface area contributed by atoms with E-state index in [-0.39, 0.29) is 5.91 Å². The zero-order valence-corrected chi connectivity index (χ0v) is 13.0. The van der Waals surface area contributed by atoms with E-state index in [1.165, 1.54) is 5.56 Å². The van der Waals surface area contributed by atoms with Crippen molar-refractivity contribution in [1.29, 1.82) is 0 Å². The van der Waals surface area contributed by atoms with Crippen LogP contribution in [0.15, 0.2) is 66.7 Å². The van der Waals surface area contributed by atoms with Gasteiger partial charge in [0.25, 0.3) is 5.91 Å². The van der Waals surface area contributed by atoms with E-state index in [0.717, 1.165) is 30.2 Å². The summed E-state index contributed by atoms with van der Waals surface area (Å²) in [6.45, 7) is 0.879. The van der Waals surface area contributed by atoms with E-state index in [1.807, 2.05) is 48.5 Å². The number of hydrogen-bond acceptors (Lipinski definition) is 4. The monoisotopic (exact) mass is 316 g/mol. The van der Waals surface area contributed by atoms with E-state index in [1.54, 1.807) is 6.07 Å². The van der Waals surface area contributed by atoms with Gasteiger partial charge in [-0.05, 0) is 42.3 Å². The van der Waals surface area contributed by atoms with Gasteiger partial charge in [-0.15, -0.1) is 10.2 Å². The van der Waals surface area contributed by atoms with Crippen LogP contribution < -0.4 is 10.2 Å². The van der Waals surface area contributed by atoms with Gasteiger partial charge in [0.2, 0.25) is 0 Å². The molecule has 0 radical (unpaired) electrons. The van der Waals surface area contributed by atoms with E-state index < -0.39 is 0 Å². The topological polar surface area (TPSA) is 58.1 Å². The zero-order valence-electron chi connectivity index (χ0n) is 13.0. The Morgan fingerprint density at radius 3 is 2.50 bits per heavy atom. The van der Waals surface area contributed by atoms with Gasteiger partial charge in [0.1, 0.15) is 0 Å². The SMILES string of the molecule is O=C(Nc1ccccc1)c1ccc(N2CCc3ccccc32)nn1. The highest BCUT2D eigenvalue weighted by Crippen LogP contribution is 2.32. The number of hydrogen-bond donors (Lipinski definition) is 1. The average molecular weight is 316 g/mol. The number of amides is 1. The summed E-state index contributed by atoms with van der Waals surface area (Å²) in [6, 6.07) is 21.1. The lowest BCUT2D eigenvalue weighted by Gasteiger charge is -2.17. The fraction of sp³-hybridized carbons (Fsp3) is 0.105. The number of aromatic nitrogens is 2. The minimum absolute atomic E-state index is 0.262. The third-order valence-electron chi connectivity index (χ3n) is 4.08. The Morgan fingerprint density at radius 2 is 1.71 bits per heavy atom. The number of nitrogens with one attached hydrogen (secondary N) is 1. The lowest BCUT2D eigenvalue weighted by Crippen LogP contribution is -2.18. The molecule has 1 amide bonds. The van der Waals surface area contributed by atoms with Crippen molar-refractivity contribution in [3.8, 4) is 0 Å². The third kappa shape index (κ3) is 2.72. The first-order chi connectivity index (χ1) is 11.8. The van der Waals surface area contributed by atoms with Gasteiger partial charge < -0.3 is 10.2 Å². The van der Waals surface area contributed by atoms with Gasteiger partial charge in [-0.2, -0.15) is 0 Å². The minimum atomic E-state index is -0.262. The van der Waals surface area contributed by atoms with Crippen LogP contribution in [0.2, 0.25) is 0 Å². The van der Waals surface area contributed by atoms with Crippen LogP contribution in [0.3, 0.4) is 0 Å². The molecular formula is C19H16N4O. The molecule has 5 heteroatoms. The van der Waals surface area contributed by atoms with Gasteiger partial charge in [0, 0.05) is 17.9 Å². The maximum atomic E-state index is 12.2. The van der Waals surface area contributed by atoms with Gasteiger partial charge in [0.05, 0.1) is 0 Å². The summed E-state index contributed by atoms with van der Waals surface area (Å²) in [5.41, 5.74) is 3.51. The highest BCUT2D eigenvalue weighted by Gasteiger charge is 2.21. The molecule has 118 valence electrons. The normalized spacial score (nSPS) is 12.8. The summed E-state index contributed by atoms with van der Waals surface area (Å²) in [7, 11) is 0. The molecule has 1 aromatic heterocycles. The van der Waals surface area contributed by atoms with Gasteiger partial charge >= 0.3 is 0 Å². The summed E-state index contributed by atoms with van der Waals surface area (Å²) in [4.78, 5) is 14.3. The first-order valence-electron chi connectivity index (χ1n) is 7.87. The zero-order chi connectivity index (χ0) is 16.4. The highest BCUT2D eigenvalue weighted by molar-refractivity contribution is 6.02. The minimum Gasteiger partial charge on any atom is -0.324 e. The van der Waals surface area contributed by atoms with Crippen molar-refractivity contribution in [2.45, 2.75) is 6.42 Å². The molecule has 2 heterocycles. The maximum Gasteiger partial charge on any atom is 0.276 e. The largest absolute Gasteiger partial charge is 0.324 e. The lowest BCUT2D eigenvalue weighted by molar-refractivity contribution is 0.102. The Bertz CT molecular complexity index is 862. The molecule has 3 aromatic rings. The molecule has 24 heavy (non-hydrogen) atoms. The number of fused-ring (bicyclic) bond motifs is 1. The molecule has 0 fully saturated rings. The number of carbonyl (C=O) groups is 1. The molecule has 1 aliphatic rings. The number of anilines is 3. The molecule has 0 aliphatic carbocycles. The van der Waals surface area contributed by atoms with Crippen molar-refractivity contribution in [2.75, 3.05) is 16.8 Å². The Hall–Kier alpha value is -3.21. The first-order valence-corrected chi connectivity index (χ1v) is 7.87. The van der Waals surface area contributed by atoms with Crippen LogP contribution in [-0.4, -0.2) is 22.6 Å². The molecule has 1 aliphatic heterocycles. The lowest BCUT2D eigenvalue weighted by atomic mass is 10.2. The van der Waals surface area contributed by atoms with Crippen LogP contribution in [0, 0.1) is 0 Å². The molecule has 0 unspecified atom stereocenters. The molecule has 0 saturated carbocycles. The second kappa shape index (κ2) is 6.12. The standard InChI is InChI=1S/C19H16N4O/c24-19(20-15-7-2-1-3-8-15)16-10-11-18(22-21-16)23-13-12-14-6-4-5-9-17(14)23/h1-11H,12-13H2,(H,20,24). The van der Waals surface area contributed by atoms with Crippen molar-refractivity contribution in [1.82, 2.24) is 10.2 Å². The van der Waals surface area contributed by atoms with E-state index in [9.17, 15) is 4.79 Å². The van der Waals surface area contributed by atoms with Gasteiger partial charge in [-0.3, -0.25) is 4.79 Å². The van der Waals surface area contributed by atoms with Crippen molar-refractivity contribution in [3.63, 3.8) is 0 Å². The predicted octanol–water partition coefficient (Wildman–Crippen LogP) is 3.42. The molecule has 2 aromatic carbocycles. The number of nitrogens with zero attached hydrogens (tertiary/aromatic N) is 3. The molecule has 5 nitrogen and oxygen atoms in total. The number of rotatable bonds is 3. The van der Waals surface area contributed by atoms with E-state index in [2.05, 4.69) is 32.5 Å². The van der Waals surface area contributed by atoms with Crippen LogP contribution in [-0.2, 0) is 6.42 Å². The summed E-state index contributed by atoms with van der Waals surface area (Å²) in [6.07, 6.45) is 0.994. The molecule has 0 saturated heterocycles. The molecule has 0 spiro atoms. The van der Waals surface area contributed by atoms with Crippen LogP contribution in [0.5, 0.6) is 0 Å². The molecule has 4 rings (SSSR count). The van der Waals surface area contributed by atoms with E-state index >= 15 is 0 Å². The summed E-state index contributed by atoms with van der Waals surface area (Å²) in [5, 5.41) is 11.1. The summed E-state index contributed by atoms with van der Waals surface area (Å²) >= 11 is 0. The Labute approximate surface area is 140 Å².